The summed E-state index contributed by atoms with van der Waals surface area (Å²) in [6.07, 6.45) is 1.17. The van der Waals surface area contributed by atoms with E-state index in [0.29, 0.717) is 22.0 Å². The first-order valence-electron chi connectivity index (χ1n) is 5.52. The third kappa shape index (κ3) is 2.72. The van der Waals surface area contributed by atoms with E-state index in [1.54, 1.807) is 13.0 Å². The Balaban J connectivity index is 2.36. The van der Waals surface area contributed by atoms with Gasteiger partial charge in [0.15, 0.2) is 12.2 Å². The minimum atomic E-state index is -0.505. The molecule has 0 saturated heterocycles. The van der Waals surface area contributed by atoms with Crippen LogP contribution in [0.25, 0.3) is 0 Å². The van der Waals surface area contributed by atoms with Crippen molar-refractivity contribution in [2.24, 2.45) is 10.9 Å². The molecule has 2 rings (SSSR count). The van der Waals surface area contributed by atoms with Gasteiger partial charge in [0.1, 0.15) is 0 Å². The van der Waals surface area contributed by atoms with Crippen molar-refractivity contribution in [3.63, 3.8) is 0 Å². The van der Waals surface area contributed by atoms with Crippen LogP contribution in [0.5, 0.6) is 0 Å². The molecule has 0 saturated carbocycles. The number of benzene rings is 1. The maximum absolute atomic E-state index is 12.0. The van der Waals surface area contributed by atoms with Gasteiger partial charge in [-0.05, 0) is 25.1 Å². The zero-order valence-electron chi connectivity index (χ0n) is 10.4. The number of rotatable bonds is 3. The van der Waals surface area contributed by atoms with Crippen LogP contribution < -0.4 is 11.1 Å². The number of nitrogens with two attached hydrogens (primary N) is 1. The third-order valence-corrected chi connectivity index (χ3v) is 2.80. The Morgan fingerprint density at radius 3 is 2.90 bits per heavy atom. The first kappa shape index (κ1) is 13.9. The van der Waals surface area contributed by atoms with Crippen molar-refractivity contribution in [1.82, 2.24) is 4.98 Å². The summed E-state index contributed by atoms with van der Waals surface area (Å²) in [7, 11) is 0. The lowest BCUT2D eigenvalue weighted by atomic mass is 10.1. The molecule has 0 aliphatic carbocycles. The highest BCUT2D eigenvalue weighted by Gasteiger charge is 2.17. The van der Waals surface area contributed by atoms with E-state index >= 15 is 0 Å². The Hall–Kier alpha value is -2.54. The monoisotopic (exact) mass is 294 g/mol. The molecule has 0 bridgehead atoms. The van der Waals surface area contributed by atoms with Gasteiger partial charge in [0, 0.05) is 10.6 Å². The first-order chi connectivity index (χ1) is 9.52. The second kappa shape index (κ2) is 5.62. The maximum Gasteiger partial charge on any atom is 0.293 e. The smallest absolute Gasteiger partial charge is 0.293 e. The fourth-order valence-electron chi connectivity index (χ4n) is 1.60. The van der Waals surface area contributed by atoms with E-state index in [0.717, 1.165) is 0 Å². The predicted molar refractivity (Wildman–Crippen MR) is 73.2 cm³/mol. The zero-order chi connectivity index (χ0) is 14.7. The summed E-state index contributed by atoms with van der Waals surface area (Å²) < 4.78 is 4.99. The van der Waals surface area contributed by atoms with E-state index in [-0.39, 0.29) is 11.6 Å². The number of amides is 1. The number of halogens is 1. The Bertz CT molecular complexity index is 681. The number of anilines is 1. The summed E-state index contributed by atoms with van der Waals surface area (Å²) in [6, 6.07) is 4.57. The van der Waals surface area contributed by atoms with E-state index in [9.17, 15) is 4.79 Å². The van der Waals surface area contributed by atoms with E-state index < -0.39 is 5.91 Å². The number of nitrogens with one attached hydrogen (secondary N) is 1. The van der Waals surface area contributed by atoms with E-state index in [2.05, 4.69) is 15.5 Å². The first-order valence-corrected chi connectivity index (χ1v) is 5.89. The lowest BCUT2D eigenvalue weighted by Crippen LogP contribution is -2.19. The molecule has 1 amide bonds. The molecule has 0 fully saturated rings. The Morgan fingerprint density at radius 1 is 1.55 bits per heavy atom. The van der Waals surface area contributed by atoms with Gasteiger partial charge in [-0.2, -0.15) is 0 Å². The van der Waals surface area contributed by atoms with Gasteiger partial charge in [0.2, 0.25) is 5.76 Å². The predicted octanol–water partition coefficient (Wildman–Crippen LogP) is 1.98. The van der Waals surface area contributed by atoms with Gasteiger partial charge in [-0.3, -0.25) is 4.79 Å². The lowest BCUT2D eigenvalue weighted by molar-refractivity contribution is 0.0996. The average molecular weight is 295 g/mol. The van der Waals surface area contributed by atoms with Gasteiger partial charge in [0.25, 0.3) is 5.91 Å². The van der Waals surface area contributed by atoms with Gasteiger partial charge in [-0.15, -0.1) is 0 Å². The van der Waals surface area contributed by atoms with Crippen molar-refractivity contribution in [2.45, 2.75) is 6.92 Å². The molecule has 1 aromatic heterocycles. The van der Waals surface area contributed by atoms with Gasteiger partial charge in [-0.25, -0.2) is 4.98 Å². The molecule has 0 radical (unpaired) electrons. The average Bonchev–Trinajstić information content (AvgIpc) is 2.84. The minimum Gasteiger partial charge on any atom is -0.438 e. The number of hydrogen-bond donors (Lipinski definition) is 3. The Kier molecular flexibility index (Phi) is 3.90. The largest absolute Gasteiger partial charge is 0.438 e. The highest BCUT2D eigenvalue weighted by atomic mass is 35.5. The van der Waals surface area contributed by atoms with Crippen molar-refractivity contribution in [3.05, 3.63) is 46.6 Å². The molecule has 0 atom stereocenters. The quantitative estimate of drug-likeness (QED) is 0.347. The van der Waals surface area contributed by atoms with E-state index in [4.69, 9.17) is 27.0 Å². The number of carbonyl (C=O) groups excluding carboxylic acids is 1. The molecule has 1 aromatic carbocycles. The second-order valence-corrected chi connectivity index (χ2v) is 4.33. The van der Waals surface area contributed by atoms with Gasteiger partial charge >= 0.3 is 0 Å². The summed E-state index contributed by atoms with van der Waals surface area (Å²) in [5.41, 5.74) is 6.63. The highest BCUT2D eigenvalue weighted by molar-refractivity contribution is 6.31. The van der Waals surface area contributed by atoms with Crippen LogP contribution in [0.2, 0.25) is 5.02 Å². The highest BCUT2D eigenvalue weighted by Crippen LogP contribution is 2.22. The zero-order valence-corrected chi connectivity index (χ0v) is 11.2. The van der Waals surface area contributed by atoms with Crippen LogP contribution in [0, 0.1) is 6.92 Å². The van der Waals surface area contributed by atoms with Gasteiger partial charge < -0.3 is 20.7 Å². The fraction of sp³-hybridized carbons (Fsp3) is 0.0833. The van der Waals surface area contributed by atoms with Crippen LogP contribution in [-0.2, 0) is 0 Å². The molecule has 20 heavy (non-hydrogen) atoms. The molecule has 0 aliphatic rings. The molecule has 1 heterocycles. The number of amidine groups is 1. The molecular weight excluding hydrogens is 284 g/mol. The van der Waals surface area contributed by atoms with Crippen molar-refractivity contribution in [2.75, 3.05) is 5.32 Å². The number of oxazole rings is 1. The molecule has 4 N–H and O–H groups in total. The van der Waals surface area contributed by atoms with Crippen molar-refractivity contribution in [1.29, 1.82) is 0 Å². The molecule has 104 valence electrons. The van der Waals surface area contributed by atoms with Crippen LogP contribution >= 0.6 is 11.6 Å². The minimum absolute atomic E-state index is 0.0791. The number of aryl methyl sites for hydroxylation is 1. The molecule has 7 nitrogen and oxygen atoms in total. The molecule has 0 unspecified atom stereocenters. The summed E-state index contributed by atoms with van der Waals surface area (Å²) in [4.78, 5) is 15.9. The Morgan fingerprint density at radius 2 is 2.30 bits per heavy atom. The maximum atomic E-state index is 12.0. The van der Waals surface area contributed by atoms with E-state index in [1.165, 1.54) is 18.5 Å². The standard InChI is InChI=1S/C12H11ClN4O3/c1-6-10(20-5-15-6)12(18)16-9-4-7(13)2-3-8(9)11(14)17-19/h2-5,19H,1H3,(H2,14,17)(H,16,18). The van der Waals surface area contributed by atoms with Crippen molar-refractivity contribution >= 4 is 29.0 Å². The van der Waals surface area contributed by atoms with Gasteiger partial charge in [0.05, 0.1) is 11.4 Å². The number of carbonyl (C=O) groups is 1. The molecule has 0 spiro atoms. The van der Waals surface area contributed by atoms with Crippen LogP contribution in [0.3, 0.4) is 0 Å². The van der Waals surface area contributed by atoms with Crippen LogP contribution in [0.15, 0.2) is 34.2 Å². The SMILES string of the molecule is Cc1ncoc1C(=O)Nc1cc(Cl)ccc1/C(N)=N/O. The number of oxime groups is 1. The topological polar surface area (TPSA) is 114 Å². The van der Waals surface area contributed by atoms with Crippen LogP contribution in [0.4, 0.5) is 5.69 Å². The number of nitrogens with zero attached hydrogens (tertiary/aromatic N) is 2. The van der Waals surface area contributed by atoms with Crippen LogP contribution in [0.1, 0.15) is 21.8 Å². The molecule has 2 aromatic rings. The molecular formula is C12H11ClN4O3. The fourth-order valence-corrected chi connectivity index (χ4v) is 1.77. The number of aromatic nitrogens is 1. The second-order valence-electron chi connectivity index (χ2n) is 3.90. The summed E-state index contributed by atoms with van der Waals surface area (Å²) in [6.45, 7) is 1.64. The van der Waals surface area contributed by atoms with Crippen LogP contribution in [-0.4, -0.2) is 21.9 Å². The van der Waals surface area contributed by atoms with Gasteiger partial charge in [-0.1, -0.05) is 16.8 Å². The van der Waals surface area contributed by atoms with E-state index in [1.807, 2.05) is 0 Å². The lowest BCUT2D eigenvalue weighted by Gasteiger charge is -2.09. The summed E-state index contributed by atoms with van der Waals surface area (Å²) in [5, 5.41) is 14.6. The molecule has 8 heteroatoms. The van der Waals surface area contributed by atoms with Crippen molar-refractivity contribution in [3.8, 4) is 0 Å². The summed E-state index contributed by atoms with van der Waals surface area (Å²) in [5.74, 6) is -0.573. The molecule has 0 aliphatic heterocycles. The number of hydrogen-bond acceptors (Lipinski definition) is 5. The Labute approximate surface area is 119 Å². The normalized spacial score (nSPS) is 11.4. The summed E-state index contributed by atoms with van der Waals surface area (Å²) >= 11 is 5.87. The third-order valence-electron chi connectivity index (χ3n) is 2.57. The van der Waals surface area contributed by atoms with Crippen molar-refractivity contribution < 1.29 is 14.4 Å².